The minimum absolute atomic E-state index is 0.146. The molecule has 10 rings (SSSR count). The summed E-state index contributed by atoms with van der Waals surface area (Å²) in [4.78, 5) is 2.31. The summed E-state index contributed by atoms with van der Waals surface area (Å²) in [6.07, 6.45) is 0. The van der Waals surface area contributed by atoms with E-state index < -0.39 is 6.04 Å². The highest BCUT2D eigenvalue weighted by molar-refractivity contribution is 6.22. The second-order valence-corrected chi connectivity index (χ2v) is 13.7. The third-order valence-electron chi connectivity index (χ3n) is 10.5. The summed E-state index contributed by atoms with van der Waals surface area (Å²) in [7, 11) is 0. The second-order valence-electron chi connectivity index (χ2n) is 13.7. The molecule has 2 heteroatoms. The standard InChI is InChI=1S/C49H35NO/c1-49(2)43-22-12-11-18-38(43)39-29-28-36(30-44(39)49)50(35-26-24-33(25-27-35)32-14-5-3-6-15-32)45-31-42-47-37(34-16-7-4-8-17-34)21-13-23-46(47)51-48(42)41-20-10-9-19-40(41)45/h3-31H,1-2H3/i4D,7D,8D,16D,17D. The highest BCUT2D eigenvalue weighted by Gasteiger charge is 2.36. The molecule has 0 fully saturated rings. The predicted molar refractivity (Wildman–Crippen MR) is 214 cm³/mol. The van der Waals surface area contributed by atoms with Crippen molar-refractivity contribution in [2.75, 3.05) is 4.90 Å². The number of rotatable bonds is 5. The Hall–Kier alpha value is -6.38. The van der Waals surface area contributed by atoms with E-state index in [-0.39, 0.29) is 35.1 Å². The van der Waals surface area contributed by atoms with Gasteiger partial charge in [-0.25, -0.2) is 0 Å². The van der Waals surface area contributed by atoms with Gasteiger partial charge in [0.2, 0.25) is 0 Å². The number of nitrogens with zero attached hydrogens (tertiary/aromatic N) is 1. The van der Waals surface area contributed by atoms with Crippen LogP contribution in [0.3, 0.4) is 0 Å². The van der Waals surface area contributed by atoms with Crippen LogP contribution in [0.25, 0.3) is 66.1 Å². The normalized spacial score (nSPS) is 14.4. The van der Waals surface area contributed by atoms with Crippen molar-refractivity contribution in [3.8, 4) is 33.4 Å². The molecule has 0 radical (unpaired) electrons. The molecule has 51 heavy (non-hydrogen) atoms. The van der Waals surface area contributed by atoms with Crippen LogP contribution in [0.15, 0.2) is 180 Å². The zero-order valence-electron chi connectivity index (χ0n) is 33.2. The summed E-state index contributed by atoms with van der Waals surface area (Å²) in [6, 6.07) is 48.7. The smallest absolute Gasteiger partial charge is 0.143 e. The van der Waals surface area contributed by atoms with E-state index >= 15 is 0 Å². The number of hydrogen-bond acceptors (Lipinski definition) is 2. The van der Waals surface area contributed by atoms with Crippen molar-refractivity contribution in [1.82, 2.24) is 0 Å². The lowest BCUT2D eigenvalue weighted by Crippen LogP contribution is -2.16. The van der Waals surface area contributed by atoms with E-state index in [1.54, 1.807) is 0 Å². The molecule has 1 aromatic heterocycles. The van der Waals surface area contributed by atoms with Crippen LogP contribution in [0.1, 0.15) is 31.8 Å². The first-order valence-corrected chi connectivity index (χ1v) is 17.3. The van der Waals surface area contributed by atoms with Gasteiger partial charge in [0.05, 0.1) is 12.5 Å². The molecule has 0 atom stereocenters. The number of furan rings is 1. The van der Waals surface area contributed by atoms with Crippen LogP contribution in [-0.4, -0.2) is 0 Å². The molecule has 0 unspecified atom stereocenters. The van der Waals surface area contributed by atoms with Crippen LogP contribution < -0.4 is 4.90 Å². The number of benzene rings is 8. The average molecular weight is 659 g/mol. The first kappa shape index (κ1) is 24.7. The Morgan fingerprint density at radius 3 is 2.00 bits per heavy atom. The van der Waals surface area contributed by atoms with Gasteiger partial charge in [-0.3, -0.25) is 0 Å². The Bertz CT molecular complexity index is 3030. The van der Waals surface area contributed by atoms with E-state index in [0.29, 0.717) is 22.1 Å². The van der Waals surface area contributed by atoms with Gasteiger partial charge < -0.3 is 9.32 Å². The van der Waals surface area contributed by atoms with Gasteiger partial charge in [-0.2, -0.15) is 0 Å². The molecule has 2 nitrogen and oxygen atoms in total. The van der Waals surface area contributed by atoms with Crippen molar-refractivity contribution < 1.29 is 11.3 Å². The number of anilines is 3. The second kappa shape index (κ2) is 11.3. The van der Waals surface area contributed by atoms with Crippen LogP contribution >= 0.6 is 0 Å². The summed E-state index contributed by atoms with van der Waals surface area (Å²) in [5, 5.41) is 3.37. The minimum Gasteiger partial charge on any atom is -0.455 e. The van der Waals surface area contributed by atoms with E-state index in [2.05, 4.69) is 128 Å². The van der Waals surface area contributed by atoms with E-state index in [0.717, 1.165) is 44.3 Å². The average Bonchev–Trinajstić information content (AvgIpc) is 3.72. The lowest BCUT2D eigenvalue weighted by atomic mass is 9.82. The van der Waals surface area contributed by atoms with Crippen molar-refractivity contribution >= 4 is 49.8 Å². The van der Waals surface area contributed by atoms with Crippen LogP contribution in [-0.2, 0) is 5.41 Å². The van der Waals surface area contributed by atoms with Gasteiger partial charge in [-0.1, -0.05) is 153 Å². The van der Waals surface area contributed by atoms with Gasteiger partial charge in [0, 0.05) is 38.3 Å². The summed E-state index contributed by atoms with van der Waals surface area (Å²) < 4.78 is 49.6. The van der Waals surface area contributed by atoms with Gasteiger partial charge in [0.15, 0.2) is 0 Å². The van der Waals surface area contributed by atoms with Crippen LogP contribution in [0, 0.1) is 0 Å². The third-order valence-corrected chi connectivity index (χ3v) is 10.5. The van der Waals surface area contributed by atoms with Crippen LogP contribution in [0.4, 0.5) is 17.1 Å². The summed E-state index contributed by atoms with van der Waals surface area (Å²) >= 11 is 0. The molecular weight excluding hydrogens is 619 g/mol. The molecule has 0 saturated heterocycles. The number of hydrogen-bond donors (Lipinski definition) is 0. The fourth-order valence-corrected chi connectivity index (χ4v) is 8.10. The van der Waals surface area contributed by atoms with Crippen molar-refractivity contribution in [2.24, 2.45) is 0 Å². The molecule has 0 aliphatic heterocycles. The molecule has 0 N–H and O–H groups in total. The fourth-order valence-electron chi connectivity index (χ4n) is 8.10. The van der Waals surface area contributed by atoms with Gasteiger partial charge in [-0.05, 0) is 80.9 Å². The Labute approximate surface area is 304 Å². The van der Waals surface area contributed by atoms with E-state index in [9.17, 15) is 0 Å². The summed E-state index contributed by atoms with van der Waals surface area (Å²) in [5.41, 5.74) is 11.9. The maximum Gasteiger partial charge on any atom is 0.143 e. The molecule has 0 bridgehead atoms. The molecule has 1 aliphatic carbocycles. The first-order chi connectivity index (χ1) is 27.1. The Kier molecular flexibility index (Phi) is 5.49. The number of fused-ring (bicyclic) bond motifs is 8. The summed E-state index contributed by atoms with van der Waals surface area (Å²) in [6.45, 7) is 4.58. The first-order valence-electron chi connectivity index (χ1n) is 19.8. The van der Waals surface area contributed by atoms with Gasteiger partial charge >= 0.3 is 0 Å². The van der Waals surface area contributed by atoms with E-state index in [4.69, 9.17) is 11.3 Å². The topological polar surface area (TPSA) is 16.4 Å². The molecule has 0 saturated carbocycles. The molecule has 242 valence electrons. The molecule has 0 spiro atoms. The predicted octanol–water partition coefficient (Wildman–Crippen LogP) is 13.8. The van der Waals surface area contributed by atoms with Gasteiger partial charge in [0.1, 0.15) is 11.2 Å². The largest absolute Gasteiger partial charge is 0.455 e. The zero-order valence-corrected chi connectivity index (χ0v) is 28.2. The van der Waals surface area contributed by atoms with Crippen molar-refractivity contribution in [2.45, 2.75) is 19.3 Å². The Balaban J connectivity index is 1.27. The molecule has 0 amide bonds. The van der Waals surface area contributed by atoms with E-state index in [1.807, 2.05) is 36.4 Å². The van der Waals surface area contributed by atoms with E-state index in [1.165, 1.54) is 22.3 Å². The Morgan fingerprint density at radius 2 is 1.18 bits per heavy atom. The highest BCUT2D eigenvalue weighted by atomic mass is 16.3. The third kappa shape index (κ3) is 4.57. The fraction of sp³-hybridized carbons (Fsp3) is 0.0612. The Morgan fingerprint density at radius 1 is 0.510 bits per heavy atom. The van der Waals surface area contributed by atoms with Crippen LogP contribution in [0.5, 0.6) is 0 Å². The van der Waals surface area contributed by atoms with Gasteiger partial charge in [-0.15, -0.1) is 0 Å². The lowest BCUT2D eigenvalue weighted by Gasteiger charge is -2.29. The molecule has 1 heterocycles. The zero-order chi connectivity index (χ0) is 38.5. The minimum atomic E-state index is -0.421. The van der Waals surface area contributed by atoms with Crippen molar-refractivity contribution in [3.63, 3.8) is 0 Å². The monoisotopic (exact) mass is 658 g/mol. The summed E-state index contributed by atoms with van der Waals surface area (Å²) in [5.74, 6) is 0. The maximum atomic E-state index is 8.88. The molecular formula is C49H35NO. The molecule has 1 aliphatic rings. The van der Waals surface area contributed by atoms with Crippen LogP contribution in [0.2, 0.25) is 0 Å². The lowest BCUT2D eigenvalue weighted by molar-refractivity contribution is 0.660. The van der Waals surface area contributed by atoms with Crippen molar-refractivity contribution in [1.29, 1.82) is 0 Å². The molecule has 8 aromatic carbocycles. The maximum absolute atomic E-state index is 8.88. The molecule has 9 aromatic rings. The SMILES string of the molecule is [2H]c1c([2H])c([2H])c(-c2cccc3oc4c5ccccc5c(N(c5ccc(-c6ccccc6)cc5)c5ccc6c(c5)C(C)(C)c5ccccc5-6)cc4c23)c([2H])c1[2H]. The highest BCUT2D eigenvalue weighted by Crippen LogP contribution is 2.52. The van der Waals surface area contributed by atoms with Crippen molar-refractivity contribution in [3.05, 3.63) is 187 Å². The van der Waals surface area contributed by atoms with Gasteiger partial charge in [0.25, 0.3) is 0 Å². The quantitative estimate of drug-likeness (QED) is 0.183.